The van der Waals surface area contributed by atoms with Crippen LogP contribution in [0.3, 0.4) is 0 Å². The Morgan fingerprint density at radius 2 is 2.16 bits per heavy atom. The maximum absolute atomic E-state index is 12.4. The van der Waals surface area contributed by atoms with E-state index in [9.17, 15) is 13.2 Å². The van der Waals surface area contributed by atoms with Crippen LogP contribution in [0, 0.1) is 5.92 Å². The minimum Gasteiger partial charge on any atom is -0.475 e. The van der Waals surface area contributed by atoms with Crippen LogP contribution in [0.4, 0.5) is 0 Å². The van der Waals surface area contributed by atoms with Crippen molar-refractivity contribution in [1.29, 1.82) is 0 Å². The van der Waals surface area contributed by atoms with Gasteiger partial charge in [0, 0.05) is 12.6 Å². The fourth-order valence-electron chi connectivity index (χ4n) is 2.42. The summed E-state index contributed by atoms with van der Waals surface area (Å²) in [5, 5.41) is 8.47. The first kappa shape index (κ1) is 14.1. The average Bonchev–Trinajstić information content (AvgIpc) is 2.98. The molecule has 1 N–H and O–H groups in total. The molecular weight excluding hydrogens is 270 g/mol. The van der Waals surface area contributed by atoms with Crippen LogP contribution in [0.15, 0.2) is 21.6 Å². The maximum atomic E-state index is 12.4. The Morgan fingerprint density at radius 1 is 1.47 bits per heavy atom. The highest BCUT2D eigenvalue weighted by molar-refractivity contribution is 7.89. The lowest BCUT2D eigenvalue weighted by molar-refractivity contribution is 0.0656. The molecule has 0 saturated carbocycles. The zero-order valence-electron chi connectivity index (χ0n) is 10.9. The van der Waals surface area contributed by atoms with E-state index < -0.39 is 16.0 Å². The number of aromatic carboxylic acids is 1. The van der Waals surface area contributed by atoms with Crippen molar-refractivity contribution >= 4 is 16.0 Å². The van der Waals surface area contributed by atoms with Crippen molar-refractivity contribution in [2.24, 2.45) is 5.92 Å². The Hall–Kier alpha value is -1.34. The van der Waals surface area contributed by atoms with Crippen molar-refractivity contribution in [3.8, 4) is 0 Å². The Balaban J connectivity index is 2.33. The number of hydrogen-bond acceptors (Lipinski definition) is 4. The quantitative estimate of drug-likeness (QED) is 0.912. The molecule has 0 amide bonds. The van der Waals surface area contributed by atoms with E-state index in [0.717, 1.165) is 18.9 Å². The van der Waals surface area contributed by atoms with E-state index in [0.29, 0.717) is 6.54 Å². The number of hydrogen-bond donors (Lipinski definition) is 1. The van der Waals surface area contributed by atoms with Crippen LogP contribution in [-0.4, -0.2) is 36.4 Å². The zero-order chi connectivity index (χ0) is 14.2. The minimum absolute atomic E-state index is 0.0524. The number of sulfonamides is 1. The number of carbonyl (C=O) groups is 1. The molecule has 6 nitrogen and oxygen atoms in total. The molecule has 1 saturated heterocycles. The summed E-state index contributed by atoms with van der Waals surface area (Å²) in [6.07, 6.45) is 1.64. The summed E-state index contributed by atoms with van der Waals surface area (Å²) in [6.45, 7) is 4.40. The number of rotatable bonds is 4. The molecule has 1 aliphatic rings. The molecule has 1 aliphatic heterocycles. The molecule has 7 heteroatoms. The van der Waals surface area contributed by atoms with Gasteiger partial charge in [0.25, 0.3) is 10.0 Å². The molecule has 1 atom stereocenters. The molecule has 1 aromatic heterocycles. The van der Waals surface area contributed by atoms with Crippen LogP contribution >= 0.6 is 0 Å². The van der Waals surface area contributed by atoms with E-state index in [1.54, 1.807) is 0 Å². The fraction of sp³-hybridized carbons (Fsp3) is 0.583. The first-order chi connectivity index (χ1) is 8.84. The molecule has 2 heterocycles. The third kappa shape index (κ3) is 2.52. The molecule has 1 aromatic rings. The van der Waals surface area contributed by atoms with Crippen LogP contribution in [0.5, 0.6) is 0 Å². The van der Waals surface area contributed by atoms with Gasteiger partial charge in [-0.15, -0.1) is 0 Å². The van der Waals surface area contributed by atoms with Gasteiger partial charge in [-0.1, -0.05) is 13.8 Å². The van der Waals surface area contributed by atoms with Crippen molar-refractivity contribution in [3.63, 3.8) is 0 Å². The van der Waals surface area contributed by atoms with Gasteiger partial charge >= 0.3 is 5.97 Å². The maximum Gasteiger partial charge on any atom is 0.371 e. The number of carboxylic acid groups (broad SMARTS) is 1. The second-order valence-electron chi connectivity index (χ2n) is 4.99. The van der Waals surface area contributed by atoms with E-state index in [1.165, 1.54) is 10.4 Å². The number of carboxylic acids is 1. The first-order valence-electron chi connectivity index (χ1n) is 6.19. The lowest BCUT2D eigenvalue weighted by atomic mass is 10.0. The first-order valence-corrected chi connectivity index (χ1v) is 7.63. The van der Waals surface area contributed by atoms with Crippen molar-refractivity contribution in [2.75, 3.05) is 6.54 Å². The molecular formula is C12H17NO5S. The number of nitrogens with zero attached hydrogens (tertiary/aromatic N) is 1. The van der Waals surface area contributed by atoms with Gasteiger partial charge in [-0.2, -0.15) is 4.31 Å². The monoisotopic (exact) mass is 287 g/mol. The SMILES string of the molecule is CC(C)C1CCCN1S(=O)(=O)c1ccc(C(=O)O)o1. The summed E-state index contributed by atoms with van der Waals surface area (Å²) in [5.74, 6) is -1.42. The van der Waals surface area contributed by atoms with E-state index in [2.05, 4.69) is 0 Å². The second kappa shape index (κ2) is 4.97. The van der Waals surface area contributed by atoms with Gasteiger partial charge in [-0.25, -0.2) is 13.2 Å². The Labute approximate surface area is 112 Å². The molecule has 0 radical (unpaired) electrons. The predicted molar refractivity (Wildman–Crippen MR) is 67.4 cm³/mol. The lowest BCUT2D eigenvalue weighted by Gasteiger charge is -2.25. The summed E-state index contributed by atoms with van der Waals surface area (Å²) in [4.78, 5) is 10.7. The summed E-state index contributed by atoms with van der Waals surface area (Å²) >= 11 is 0. The average molecular weight is 287 g/mol. The van der Waals surface area contributed by atoms with Gasteiger partial charge < -0.3 is 9.52 Å². The Bertz CT molecular complexity index is 575. The lowest BCUT2D eigenvalue weighted by Crippen LogP contribution is -2.38. The van der Waals surface area contributed by atoms with E-state index in [4.69, 9.17) is 9.52 Å². The predicted octanol–water partition coefficient (Wildman–Crippen LogP) is 1.79. The highest BCUT2D eigenvalue weighted by atomic mass is 32.2. The van der Waals surface area contributed by atoms with Gasteiger partial charge in [-0.05, 0) is 30.9 Å². The molecule has 106 valence electrons. The largest absolute Gasteiger partial charge is 0.475 e. The van der Waals surface area contributed by atoms with Crippen LogP contribution in [0.2, 0.25) is 0 Å². The van der Waals surface area contributed by atoms with E-state index >= 15 is 0 Å². The highest BCUT2D eigenvalue weighted by Crippen LogP contribution is 2.30. The third-order valence-corrected chi connectivity index (χ3v) is 5.17. The molecule has 1 unspecified atom stereocenters. The summed E-state index contributed by atoms with van der Waals surface area (Å²) in [7, 11) is -3.74. The Kier molecular flexibility index (Phi) is 3.69. The van der Waals surface area contributed by atoms with Crippen LogP contribution in [0.25, 0.3) is 0 Å². The molecule has 0 aromatic carbocycles. The molecule has 19 heavy (non-hydrogen) atoms. The van der Waals surface area contributed by atoms with Crippen LogP contribution < -0.4 is 0 Å². The van der Waals surface area contributed by atoms with Gasteiger partial charge in [0.1, 0.15) is 0 Å². The minimum atomic E-state index is -3.74. The van der Waals surface area contributed by atoms with Crippen molar-refractivity contribution in [2.45, 2.75) is 37.8 Å². The van der Waals surface area contributed by atoms with Gasteiger partial charge in [0.15, 0.2) is 0 Å². The topological polar surface area (TPSA) is 87.8 Å². The second-order valence-corrected chi connectivity index (χ2v) is 6.81. The molecule has 0 aliphatic carbocycles. The molecule has 1 fully saturated rings. The van der Waals surface area contributed by atoms with Gasteiger partial charge in [0.2, 0.25) is 10.9 Å². The summed E-state index contributed by atoms with van der Waals surface area (Å²) in [6, 6.07) is 2.31. The van der Waals surface area contributed by atoms with Crippen molar-refractivity contribution in [1.82, 2.24) is 4.31 Å². The van der Waals surface area contributed by atoms with Gasteiger partial charge in [-0.3, -0.25) is 0 Å². The van der Waals surface area contributed by atoms with Crippen LogP contribution in [0.1, 0.15) is 37.2 Å². The fourth-order valence-corrected chi connectivity index (χ4v) is 4.16. The molecule has 0 spiro atoms. The Morgan fingerprint density at radius 3 is 2.68 bits per heavy atom. The van der Waals surface area contributed by atoms with E-state index in [-0.39, 0.29) is 22.8 Å². The van der Waals surface area contributed by atoms with Crippen LogP contribution in [-0.2, 0) is 10.0 Å². The standard InChI is InChI=1S/C12H17NO5S/c1-8(2)9-4-3-7-13(9)19(16,17)11-6-5-10(18-11)12(14)15/h5-6,8-9H,3-4,7H2,1-2H3,(H,14,15). The number of furan rings is 1. The van der Waals surface area contributed by atoms with Crippen molar-refractivity contribution in [3.05, 3.63) is 17.9 Å². The normalized spacial score (nSPS) is 21.1. The van der Waals surface area contributed by atoms with E-state index in [1.807, 2.05) is 13.8 Å². The molecule has 0 bridgehead atoms. The molecule has 2 rings (SSSR count). The van der Waals surface area contributed by atoms with Crippen molar-refractivity contribution < 1.29 is 22.7 Å². The third-order valence-electron chi connectivity index (χ3n) is 3.37. The summed E-state index contributed by atoms with van der Waals surface area (Å²) in [5.41, 5.74) is 0. The summed E-state index contributed by atoms with van der Waals surface area (Å²) < 4.78 is 31.2. The van der Waals surface area contributed by atoms with Gasteiger partial charge in [0.05, 0.1) is 0 Å². The zero-order valence-corrected chi connectivity index (χ0v) is 11.7. The highest BCUT2D eigenvalue weighted by Gasteiger charge is 2.38. The smallest absolute Gasteiger partial charge is 0.371 e.